The summed E-state index contributed by atoms with van der Waals surface area (Å²) in [5.41, 5.74) is 0.693. The van der Waals surface area contributed by atoms with Gasteiger partial charge in [0.15, 0.2) is 0 Å². The molecule has 7 nitrogen and oxygen atoms in total. The van der Waals surface area contributed by atoms with Crippen LogP contribution in [-0.2, 0) is 0 Å². The maximum atomic E-state index is 10.9. The number of aliphatic hydroxyl groups excluding tert-OH is 1. The number of β-amino-alcohol motifs (C(OH)–C–C–N with tert-alkyl or cyclic N) is 1. The summed E-state index contributed by atoms with van der Waals surface area (Å²) < 4.78 is 0. The molecule has 0 aromatic carbocycles. The molecule has 1 aromatic rings. The first-order valence-electron chi connectivity index (χ1n) is 7.70. The number of aryl methyl sites for hydroxylation is 1. The first kappa shape index (κ1) is 16.6. The standard InChI is InChI=1S/C15H24N4O3/c1-4-13-10-18(6-5-17(13)9-12(3)20)15-7-11(2)14(8-16-15)19(21)22/h7-8,12-13,20H,4-6,9-10H2,1-3H3. The van der Waals surface area contributed by atoms with Gasteiger partial charge < -0.3 is 10.0 Å². The molecule has 0 radical (unpaired) electrons. The minimum atomic E-state index is -0.401. The molecule has 22 heavy (non-hydrogen) atoms. The normalized spacial score (nSPS) is 20.9. The van der Waals surface area contributed by atoms with Gasteiger partial charge in [-0.3, -0.25) is 15.0 Å². The quantitative estimate of drug-likeness (QED) is 0.657. The fourth-order valence-corrected chi connectivity index (χ4v) is 2.97. The summed E-state index contributed by atoms with van der Waals surface area (Å²) in [5.74, 6) is 0.790. The SMILES string of the molecule is CCC1CN(c2cc(C)c([N+](=O)[O-])cn2)CCN1CC(C)O. The third kappa shape index (κ3) is 3.72. The van der Waals surface area contributed by atoms with Crippen molar-refractivity contribution in [2.75, 3.05) is 31.1 Å². The lowest BCUT2D eigenvalue weighted by Crippen LogP contribution is -2.54. The maximum Gasteiger partial charge on any atom is 0.290 e. The van der Waals surface area contributed by atoms with Gasteiger partial charge in [-0.15, -0.1) is 0 Å². The first-order chi connectivity index (χ1) is 10.4. The Balaban J connectivity index is 2.11. The van der Waals surface area contributed by atoms with Gasteiger partial charge in [-0.1, -0.05) is 6.92 Å². The number of rotatable bonds is 5. The van der Waals surface area contributed by atoms with Crippen molar-refractivity contribution in [2.45, 2.75) is 39.3 Å². The molecule has 0 amide bonds. The van der Waals surface area contributed by atoms with Gasteiger partial charge in [-0.05, 0) is 26.3 Å². The summed E-state index contributed by atoms with van der Waals surface area (Å²) in [4.78, 5) is 19.2. The van der Waals surface area contributed by atoms with E-state index in [9.17, 15) is 15.2 Å². The summed E-state index contributed by atoms with van der Waals surface area (Å²) in [6.07, 6.45) is 2.00. The number of hydrogen-bond donors (Lipinski definition) is 1. The Kier molecular flexibility index (Phi) is 5.31. The minimum absolute atomic E-state index is 0.0588. The second-order valence-corrected chi connectivity index (χ2v) is 5.94. The van der Waals surface area contributed by atoms with E-state index in [1.807, 2.05) is 0 Å². The Bertz CT molecular complexity index is 536. The van der Waals surface area contributed by atoms with E-state index in [4.69, 9.17) is 0 Å². The molecule has 2 atom stereocenters. The molecule has 1 N–H and O–H groups in total. The van der Waals surface area contributed by atoms with Crippen molar-refractivity contribution in [1.29, 1.82) is 0 Å². The van der Waals surface area contributed by atoms with Gasteiger partial charge in [0.05, 0.1) is 11.0 Å². The van der Waals surface area contributed by atoms with Gasteiger partial charge in [-0.25, -0.2) is 4.98 Å². The summed E-state index contributed by atoms with van der Waals surface area (Å²) in [7, 11) is 0. The molecule has 2 heterocycles. The average Bonchev–Trinajstić information content (AvgIpc) is 2.46. The van der Waals surface area contributed by atoms with E-state index in [2.05, 4.69) is 21.7 Å². The Hall–Kier alpha value is -1.73. The zero-order chi connectivity index (χ0) is 16.3. The molecular weight excluding hydrogens is 284 g/mol. The number of nitro groups is 1. The molecule has 2 unspecified atom stereocenters. The smallest absolute Gasteiger partial charge is 0.290 e. The fraction of sp³-hybridized carbons (Fsp3) is 0.667. The molecule has 2 rings (SSSR count). The maximum absolute atomic E-state index is 10.9. The zero-order valence-corrected chi connectivity index (χ0v) is 13.4. The fourth-order valence-electron chi connectivity index (χ4n) is 2.97. The van der Waals surface area contributed by atoms with Crippen LogP contribution in [0.5, 0.6) is 0 Å². The molecule has 0 saturated carbocycles. The molecule has 7 heteroatoms. The number of hydrogen-bond acceptors (Lipinski definition) is 6. The molecule has 1 aliphatic heterocycles. The largest absolute Gasteiger partial charge is 0.392 e. The lowest BCUT2D eigenvalue weighted by Gasteiger charge is -2.42. The summed E-state index contributed by atoms with van der Waals surface area (Å²) in [5, 5.41) is 20.5. The van der Waals surface area contributed by atoms with Crippen LogP contribution in [0.2, 0.25) is 0 Å². The number of anilines is 1. The van der Waals surface area contributed by atoms with Crippen LogP contribution in [-0.4, -0.2) is 58.2 Å². The molecule has 122 valence electrons. The van der Waals surface area contributed by atoms with Gasteiger partial charge in [0.1, 0.15) is 12.0 Å². The van der Waals surface area contributed by atoms with Crippen LogP contribution in [0.3, 0.4) is 0 Å². The monoisotopic (exact) mass is 308 g/mol. The topological polar surface area (TPSA) is 82.7 Å². The Morgan fingerprint density at radius 3 is 2.82 bits per heavy atom. The molecule has 1 aromatic heterocycles. The molecule has 1 fully saturated rings. The predicted molar refractivity (Wildman–Crippen MR) is 85.2 cm³/mol. The molecular formula is C15H24N4O3. The van der Waals surface area contributed by atoms with E-state index >= 15 is 0 Å². The average molecular weight is 308 g/mol. The van der Waals surface area contributed by atoms with Crippen LogP contribution < -0.4 is 4.90 Å². The lowest BCUT2D eigenvalue weighted by molar-refractivity contribution is -0.385. The highest BCUT2D eigenvalue weighted by Crippen LogP contribution is 2.24. The molecule has 1 saturated heterocycles. The van der Waals surface area contributed by atoms with Crippen molar-refractivity contribution in [3.8, 4) is 0 Å². The van der Waals surface area contributed by atoms with Crippen LogP contribution in [0.15, 0.2) is 12.3 Å². The van der Waals surface area contributed by atoms with Gasteiger partial charge in [0, 0.05) is 37.8 Å². The Morgan fingerprint density at radius 2 is 2.27 bits per heavy atom. The van der Waals surface area contributed by atoms with Crippen molar-refractivity contribution >= 4 is 11.5 Å². The van der Waals surface area contributed by atoms with Crippen LogP contribution >= 0.6 is 0 Å². The number of aliphatic hydroxyl groups is 1. The third-order valence-electron chi connectivity index (χ3n) is 4.16. The molecule has 0 aliphatic carbocycles. The summed E-state index contributed by atoms with van der Waals surface area (Å²) in [6, 6.07) is 2.15. The van der Waals surface area contributed by atoms with Crippen LogP contribution in [0.25, 0.3) is 0 Å². The lowest BCUT2D eigenvalue weighted by atomic mass is 10.1. The Morgan fingerprint density at radius 1 is 1.55 bits per heavy atom. The third-order valence-corrected chi connectivity index (χ3v) is 4.16. The minimum Gasteiger partial charge on any atom is -0.392 e. The number of aromatic nitrogens is 1. The molecule has 0 spiro atoms. The van der Waals surface area contributed by atoms with Crippen molar-refractivity contribution in [1.82, 2.24) is 9.88 Å². The van der Waals surface area contributed by atoms with E-state index in [0.29, 0.717) is 18.2 Å². The van der Waals surface area contributed by atoms with E-state index < -0.39 is 4.92 Å². The number of pyridine rings is 1. The van der Waals surface area contributed by atoms with Crippen molar-refractivity contribution in [2.24, 2.45) is 0 Å². The number of piperazine rings is 1. The summed E-state index contributed by atoms with van der Waals surface area (Å²) in [6.45, 7) is 8.86. The van der Waals surface area contributed by atoms with Crippen molar-refractivity contribution < 1.29 is 10.0 Å². The highest BCUT2D eigenvalue weighted by atomic mass is 16.6. The highest BCUT2D eigenvalue weighted by molar-refractivity contribution is 5.49. The van der Waals surface area contributed by atoms with Crippen LogP contribution in [0.4, 0.5) is 11.5 Å². The Labute approximate surface area is 130 Å². The van der Waals surface area contributed by atoms with Crippen molar-refractivity contribution in [3.63, 3.8) is 0 Å². The second kappa shape index (κ2) is 7.02. The zero-order valence-electron chi connectivity index (χ0n) is 13.4. The van der Waals surface area contributed by atoms with E-state index in [0.717, 1.165) is 31.9 Å². The van der Waals surface area contributed by atoms with Crippen molar-refractivity contribution in [3.05, 3.63) is 27.9 Å². The van der Waals surface area contributed by atoms with Crippen LogP contribution in [0, 0.1) is 17.0 Å². The van der Waals surface area contributed by atoms with Crippen LogP contribution in [0.1, 0.15) is 25.8 Å². The molecule has 0 bridgehead atoms. The van der Waals surface area contributed by atoms with E-state index in [1.165, 1.54) is 6.20 Å². The highest BCUT2D eigenvalue weighted by Gasteiger charge is 2.27. The first-order valence-corrected chi connectivity index (χ1v) is 7.70. The second-order valence-electron chi connectivity index (χ2n) is 5.94. The molecule has 1 aliphatic rings. The summed E-state index contributed by atoms with van der Waals surface area (Å²) >= 11 is 0. The van der Waals surface area contributed by atoms with E-state index in [1.54, 1.807) is 19.9 Å². The number of nitrogens with zero attached hydrogens (tertiary/aromatic N) is 4. The van der Waals surface area contributed by atoms with Gasteiger partial charge in [0.2, 0.25) is 0 Å². The van der Waals surface area contributed by atoms with Gasteiger partial charge in [-0.2, -0.15) is 0 Å². The van der Waals surface area contributed by atoms with E-state index in [-0.39, 0.29) is 11.8 Å². The predicted octanol–water partition coefficient (Wildman–Crippen LogP) is 1.58. The van der Waals surface area contributed by atoms with Gasteiger partial charge in [0.25, 0.3) is 5.69 Å². The van der Waals surface area contributed by atoms with Gasteiger partial charge >= 0.3 is 0 Å².